The number of anilines is 1. The van der Waals surface area contributed by atoms with E-state index in [-0.39, 0.29) is 10.9 Å². The molecule has 0 radical (unpaired) electrons. The fraction of sp³-hybridized carbons (Fsp3) is 0.316. The fourth-order valence-electron chi connectivity index (χ4n) is 3.38. The highest BCUT2D eigenvalue weighted by molar-refractivity contribution is 7.89. The van der Waals surface area contributed by atoms with Gasteiger partial charge in [0, 0.05) is 24.3 Å². The number of sulfonamides is 1. The van der Waals surface area contributed by atoms with Crippen LogP contribution in [0.1, 0.15) is 41.4 Å². The van der Waals surface area contributed by atoms with Crippen molar-refractivity contribution in [1.82, 2.24) is 4.31 Å². The second kappa shape index (κ2) is 6.74. The number of carbonyl (C=O) groups is 1. The fourth-order valence-corrected chi connectivity index (χ4v) is 4.90. The molecule has 0 amide bonds. The van der Waals surface area contributed by atoms with Gasteiger partial charge < -0.3 is 10.1 Å². The van der Waals surface area contributed by atoms with Gasteiger partial charge in [-0.05, 0) is 43.2 Å². The topological polar surface area (TPSA) is 75.7 Å². The molecule has 2 aliphatic heterocycles. The molecule has 26 heavy (non-hydrogen) atoms. The van der Waals surface area contributed by atoms with E-state index in [0.717, 1.165) is 24.8 Å². The minimum absolute atomic E-state index is 0.286. The molecule has 0 aromatic heterocycles. The lowest BCUT2D eigenvalue weighted by molar-refractivity contribution is 0.0437. The number of cyclic esters (lactones) is 1. The maximum atomic E-state index is 12.7. The van der Waals surface area contributed by atoms with Crippen LogP contribution in [0.15, 0.2) is 53.4 Å². The highest BCUT2D eigenvalue weighted by Gasteiger charge is 2.30. The number of nitrogens with zero attached hydrogens (tertiary/aromatic N) is 1. The van der Waals surface area contributed by atoms with Crippen molar-refractivity contribution in [3.63, 3.8) is 0 Å². The molecule has 136 valence electrons. The van der Waals surface area contributed by atoms with Crippen LogP contribution >= 0.6 is 0 Å². The van der Waals surface area contributed by atoms with Crippen molar-refractivity contribution in [1.29, 1.82) is 0 Å². The van der Waals surface area contributed by atoms with Crippen molar-refractivity contribution in [2.24, 2.45) is 0 Å². The minimum Gasteiger partial charge on any atom is -0.434 e. The zero-order chi connectivity index (χ0) is 18.1. The number of carbonyl (C=O) groups excluding carboxylic acids is 1. The van der Waals surface area contributed by atoms with Gasteiger partial charge in [0.15, 0.2) is 0 Å². The first-order valence-electron chi connectivity index (χ1n) is 8.72. The Balaban J connectivity index is 1.51. The molecule has 1 atom stereocenters. The van der Waals surface area contributed by atoms with Crippen LogP contribution in [0.4, 0.5) is 5.69 Å². The second-order valence-corrected chi connectivity index (χ2v) is 8.44. The van der Waals surface area contributed by atoms with Crippen LogP contribution in [-0.4, -0.2) is 31.8 Å². The van der Waals surface area contributed by atoms with Gasteiger partial charge in [-0.3, -0.25) is 0 Å². The normalized spacial score (nSPS) is 20.5. The van der Waals surface area contributed by atoms with Crippen molar-refractivity contribution >= 4 is 21.7 Å². The molecule has 2 heterocycles. The molecule has 1 saturated heterocycles. The van der Waals surface area contributed by atoms with Crippen LogP contribution in [0.2, 0.25) is 0 Å². The Morgan fingerprint density at radius 2 is 1.65 bits per heavy atom. The van der Waals surface area contributed by atoms with E-state index in [2.05, 4.69) is 5.32 Å². The molecule has 0 bridgehead atoms. The molecule has 7 heteroatoms. The lowest BCUT2D eigenvalue weighted by Gasteiger charge is -2.26. The molecular formula is C19H20N2O4S. The third-order valence-electron chi connectivity index (χ3n) is 4.79. The summed E-state index contributed by atoms with van der Waals surface area (Å²) in [5, 5.41) is 3.13. The predicted octanol–water partition coefficient (Wildman–Crippen LogP) is 3.14. The Bertz CT molecular complexity index is 919. The van der Waals surface area contributed by atoms with Crippen molar-refractivity contribution in [3.8, 4) is 0 Å². The van der Waals surface area contributed by atoms with Crippen molar-refractivity contribution in [2.45, 2.75) is 30.4 Å². The van der Waals surface area contributed by atoms with Gasteiger partial charge >= 0.3 is 5.97 Å². The predicted molar refractivity (Wildman–Crippen MR) is 97.3 cm³/mol. The lowest BCUT2D eigenvalue weighted by atomic mass is 10.1. The first-order valence-corrected chi connectivity index (χ1v) is 10.2. The molecule has 1 unspecified atom stereocenters. The average molecular weight is 372 g/mol. The van der Waals surface area contributed by atoms with Gasteiger partial charge in [-0.15, -0.1) is 0 Å². The molecular weight excluding hydrogens is 352 g/mol. The summed E-state index contributed by atoms with van der Waals surface area (Å²) in [5.74, 6) is -0.359. The molecule has 2 aromatic carbocycles. The van der Waals surface area contributed by atoms with Crippen LogP contribution in [0.5, 0.6) is 0 Å². The number of ether oxygens (including phenoxy) is 1. The van der Waals surface area contributed by atoms with Crippen molar-refractivity contribution in [3.05, 3.63) is 59.7 Å². The molecule has 2 aromatic rings. The van der Waals surface area contributed by atoms with Crippen LogP contribution < -0.4 is 5.32 Å². The molecule has 0 aliphatic carbocycles. The summed E-state index contributed by atoms with van der Waals surface area (Å²) in [6, 6.07) is 13.8. The largest absolute Gasteiger partial charge is 0.434 e. The van der Waals surface area contributed by atoms with E-state index in [1.807, 2.05) is 12.1 Å². The van der Waals surface area contributed by atoms with E-state index >= 15 is 0 Å². The van der Waals surface area contributed by atoms with Gasteiger partial charge in [-0.25, -0.2) is 13.2 Å². The minimum atomic E-state index is -3.44. The Hall–Kier alpha value is -2.38. The van der Waals surface area contributed by atoms with E-state index in [4.69, 9.17) is 4.74 Å². The third kappa shape index (κ3) is 3.08. The number of rotatable bonds is 4. The van der Waals surface area contributed by atoms with Crippen molar-refractivity contribution < 1.29 is 17.9 Å². The summed E-state index contributed by atoms with van der Waals surface area (Å²) in [7, 11) is -3.44. The zero-order valence-corrected chi connectivity index (χ0v) is 15.0. The molecule has 0 spiro atoms. The summed E-state index contributed by atoms with van der Waals surface area (Å²) >= 11 is 0. The molecule has 0 saturated carbocycles. The molecule has 4 rings (SSSR count). The van der Waals surface area contributed by atoms with Gasteiger partial charge in [-0.1, -0.05) is 24.6 Å². The zero-order valence-electron chi connectivity index (χ0n) is 14.2. The molecule has 1 N–H and O–H groups in total. The smallest absolute Gasteiger partial charge is 0.340 e. The SMILES string of the molecule is O=C1OC(Nc2ccc(S(=O)(=O)N3CCCCC3)cc2)c2ccccc21. The van der Waals surface area contributed by atoms with Gasteiger partial charge in [0.05, 0.1) is 10.5 Å². The van der Waals surface area contributed by atoms with E-state index in [1.54, 1.807) is 40.7 Å². The van der Waals surface area contributed by atoms with Crippen molar-refractivity contribution in [2.75, 3.05) is 18.4 Å². The average Bonchev–Trinajstić information content (AvgIpc) is 2.99. The Labute approximate surface area is 152 Å². The Kier molecular flexibility index (Phi) is 4.42. The van der Waals surface area contributed by atoms with Gasteiger partial charge in [-0.2, -0.15) is 4.31 Å². The molecule has 1 fully saturated rings. The maximum Gasteiger partial charge on any atom is 0.340 e. The molecule has 6 nitrogen and oxygen atoms in total. The number of hydrogen-bond donors (Lipinski definition) is 1. The molecule has 2 aliphatic rings. The van der Waals surface area contributed by atoms with Gasteiger partial charge in [0.1, 0.15) is 0 Å². The maximum absolute atomic E-state index is 12.7. The van der Waals surface area contributed by atoms with Crippen LogP contribution in [0, 0.1) is 0 Å². The van der Waals surface area contributed by atoms with Crippen LogP contribution in [0.3, 0.4) is 0 Å². The number of fused-ring (bicyclic) bond motifs is 1. The summed E-state index contributed by atoms with van der Waals surface area (Å²) < 4.78 is 32.3. The standard InChI is InChI=1S/C19H20N2O4S/c22-19-17-7-3-2-6-16(17)18(25-19)20-14-8-10-15(11-9-14)26(23,24)21-12-4-1-5-13-21/h2-3,6-11,18,20H,1,4-5,12-13H2. The Morgan fingerprint density at radius 3 is 2.38 bits per heavy atom. The van der Waals surface area contributed by atoms with E-state index < -0.39 is 16.3 Å². The van der Waals surface area contributed by atoms with Crippen LogP contribution in [0.25, 0.3) is 0 Å². The summed E-state index contributed by atoms with van der Waals surface area (Å²) in [4.78, 5) is 12.2. The first kappa shape index (κ1) is 17.1. The highest BCUT2D eigenvalue weighted by atomic mass is 32.2. The first-order chi connectivity index (χ1) is 12.6. The van der Waals surface area contributed by atoms with E-state index in [9.17, 15) is 13.2 Å². The lowest BCUT2D eigenvalue weighted by Crippen LogP contribution is -2.35. The number of benzene rings is 2. The summed E-state index contributed by atoms with van der Waals surface area (Å²) in [6.07, 6.45) is 2.33. The summed E-state index contributed by atoms with van der Waals surface area (Å²) in [6.45, 7) is 1.16. The van der Waals surface area contributed by atoms with Gasteiger partial charge in [0.25, 0.3) is 0 Å². The quantitative estimate of drug-likeness (QED) is 0.835. The highest BCUT2D eigenvalue weighted by Crippen LogP contribution is 2.31. The van der Waals surface area contributed by atoms with Crippen LogP contribution in [-0.2, 0) is 14.8 Å². The number of nitrogens with one attached hydrogen (secondary N) is 1. The monoisotopic (exact) mass is 372 g/mol. The van der Waals surface area contributed by atoms with E-state index in [1.165, 1.54) is 0 Å². The second-order valence-electron chi connectivity index (χ2n) is 6.51. The Morgan fingerprint density at radius 1 is 0.962 bits per heavy atom. The number of hydrogen-bond acceptors (Lipinski definition) is 5. The van der Waals surface area contributed by atoms with Gasteiger partial charge in [0.2, 0.25) is 16.3 Å². The number of esters is 1. The summed E-state index contributed by atoms with van der Waals surface area (Å²) in [5.41, 5.74) is 2.02. The third-order valence-corrected chi connectivity index (χ3v) is 6.71. The number of piperidine rings is 1. The van der Waals surface area contributed by atoms with E-state index in [0.29, 0.717) is 24.3 Å².